The molecule has 0 saturated heterocycles. The third-order valence-corrected chi connectivity index (χ3v) is 4.52. The highest BCUT2D eigenvalue weighted by molar-refractivity contribution is 5.80. The molecule has 0 radical (unpaired) electrons. The number of aryl methyl sites for hydroxylation is 2. The summed E-state index contributed by atoms with van der Waals surface area (Å²) in [5.41, 5.74) is 2.95. The molecular formula is C18H13FN8O. The maximum absolute atomic E-state index is 13.2. The van der Waals surface area contributed by atoms with Crippen LogP contribution in [0.1, 0.15) is 5.69 Å². The minimum absolute atomic E-state index is 0.133. The van der Waals surface area contributed by atoms with Gasteiger partial charge in [-0.3, -0.25) is 9.36 Å². The topological polar surface area (TPSA) is 107 Å². The van der Waals surface area contributed by atoms with E-state index in [-0.39, 0.29) is 16.9 Å². The maximum atomic E-state index is 13.2. The van der Waals surface area contributed by atoms with Crippen LogP contribution in [0.15, 0.2) is 54.1 Å². The summed E-state index contributed by atoms with van der Waals surface area (Å²) in [7, 11) is 0. The van der Waals surface area contributed by atoms with E-state index in [1.165, 1.54) is 27.5 Å². The Kier molecular flexibility index (Phi) is 3.68. The Labute approximate surface area is 156 Å². The van der Waals surface area contributed by atoms with E-state index in [9.17, 15) is 9.18 Å². The van der Waals surface area contributed by atoms with Crippen LogP contribution in [-0.4, -0.2) is 39.3 Å². The molecule has 0 amide bonds. The summed E-state index contributed by atoms with van der Waals surface area (Å²) in [6, 6.07) is 6.01. The number of hydrogen-bond acceptors (Lipinski definition) is 6. The molecule has 4 aromatic heterocycles. The Balaban J connectivity index is 1.58. The second-order valence-electron chi connectivity index (χ2n) is 6.24. The molecule has 0 aliphatic carbocycles. The minimum atomic E-state index is -0.325. The number of fused-ring (bicyclic) bond motifs is 3. The van der Waals surface area contributed by atoms with Crippen molar-refractivity contribution >= 4 is 16.8 Å². The Morgan fingerprint density at radius 2 is 1.93 bits per heavy atom. The molecule has 0 aliphatic rings. The molecule has 5 aromatic rings. The van der Waals surface area contributed by atoms with Crippen molar-refractivity contribution in [1.82, 2.24) is 39.3 Å². The number of rotatable bonds is 4. The van der Waals surface area contributed by atoms with Crippen molar-refractivity contribution in [3.8, 4) is 11.1 Å². The molecule has 0 saturated carbocycles. The molecule has 4 heterocycles. The zero-order valence-electron chi connectivity index (χ0n) is 14.4. The molecule has 0 aliphatic heterocycles. The van der Waals surface area contributed by atoms with Crippen LogP contribution in [0.25, 0.3) is 27.9 Å². The van der Waals surface area contributed by atoms with Crippen LogP contribution in [0, 0.1) is 5.82 Å². The normalized spacial score (nSPS) is 11.5. The third kappa shape index (κ3) is 2.62. The van der Waals surface area contributed by atoms with E-state index in [1.807, 2.05) is 0 Å². The third-order valence-electron chi connectivity index (χ3n) is 4.52. The van der Waals surface area contributed by atoms with Crippen LogP contribution in [0.3, 0.4) is 0 Å². The van der Waals surface area contributed by atoms with Crippen molar-refractivity contribution in [2.75, 3.05) is 0 Å². The van der Waals surface area contributed by atoms with Gasteiger partial charge in [0.25, 0.3) is 5.56 Å². The van der Waals surface area contributed by atoms with E-state index in [0.717, 1.165) is 11.3 Å². The Bertz CT molecular complexity index is 1340. The van der Waals surface area contributed by atoms with E-state index in [0.29, 0.717) is 29.8 Å². The Morgan fingerprint density at radius 1 is 1.07 bits per heavy atom. The lowest BCUT2D eigenvalue weighted by Crippen LogP contribution is -2.24. The average Bonchev–Trinajstić information content (AvgIpc) is 3.38. The summed E-state index contributed by atoms with van der Waals surface area (Å²) in [4.78, 5) is 24.1. The standard InChI is InChI=1S/C18H13FN8O/c19-12-3-1-11(2-4-12)14-8-23-27-16(14)25-24-15-17(27)22-10-26(18(15)28)6-5-13-7-20-9-21-13/h1-4,7-10H,5-6H2,(H,20,21). The van der Waals surface area contributed by atoms with Crippen molar-refractivity contribution in [2.45, 2.75) is 13.0 Å². The Hall–Kier alpha value is -3.95. The first-order valence-electron chi connectivity index (χ1n) is 8.53. The molecule has 5 rings (SSSR count). The highest BCUT2D eigenvalue weighted by Crippen LogP contribution is 2.24. The van der Waals surface area contributed by atoms with Gasteiger partial charge in [0, 0.05) is 30.4 Å². The minimum Gasteiger partial charge on any atom is -0.348 e. The fourth-order valence-corrected chi connectivity index (χ4v) is 3.06. The first-order chi connectivity index (χ1) is 13.7. The fraction of sp³-hybridized carbons (Fsp3) is 0.111. The number of H-pyrrole nitrogens is 1. The number of aromatic amines is 1. The second kappa shape index (κ2) is 6.34. The quantitative estimate of drug-likeness (QED) is 0.511. The molecule has 1 N–H and O–H groups in total. The van der Waals surface area contributed by atoms with Crippen molar-refractivity contribution in [3.63, 3.8) is 0 Å². The molecule has 28 heavy (non-hydrogen) atoms. The van der Waals surface area contributed by atoms with E-state index in [2.05, 4.69) is 30.2 Å². The van der Waals surface area contributed by atoms with Crippen LogP contribution < -0.4 is 5.56 Å². The summed E-state index contributed by atoms with van der Waals surface area (Å²) in [6.45, 7) is 0.434. The first-order valence-corrected chi connectivity index (χ1v) is 8.53. The largest absolute Gasteiger partial charge is 0.348 e. The highest BCUT2D eigenvalue weighted by Gasteiger charge is 2.15. The van der Waals surface area contributed by atoms with Crippen molar-refractivity contribution < 1.29 is 4.39 Å². The molecule has 0 unspecified atom stereocenters. The van der Waals surface area contributed by atoms with Crippen LogP contribution in [0.2, 0.25) is 0 Å². The summed E-state index contributed by atoms with van der Waals surface area (Å²) in [6.07, 6.45) is 6.99. The van der Waals surface area contributed by atoms with Crippen LogP contribution in [-0.2, 0) is 13.0 Å². The first kappa shape index (κ1) is 16.2. The number of hydrogen-bond donors (Lipinski definition) is 1. The van der Waals surface area contributed by atoms with Gasteiger partial charge >= 0.3 is 0 Å². The van der Waals surface area contributed by atoms with E-state index >= 15 is 0 Å². The van der Waals surface area contributed by atoms with Gasteiger partial charge in [-0.05, 0) is 17.7 Å². The molecule has 9 nitrogen and oxygen atoms in total. The second-order valence-corrected chi connectivity index (χ2v) is 6.24. The molecule has 0 atom stereocenters. The van der Waals surface area contributed by atoms with Gasteiger partial charge in [-0.25, -0.2) is 14.4 Å². The molecule has 0 bridgehead atoms. The van der Waals surface area contributed by atoms with Gasteiger partial charge in [0.15, 0.2) is 16.8 Å². The number of nitrogens with one attached hydrogen (secondary N) is 1. The molecule has 0 fully saturated rings. The summed E-state index contributed by atoms with van der Waals surface area (Å²) in [5, 5.41) is 12.6. The predicted molar refractivity (Wildman–Crippen MR) is 98.0 cm³/mol. The number of halogens is 1. The number of imidazole rings is 1. The molecule has 0 spiro atoms. The lowest BCUT2D eigenvalue weighted by atomic mass is 10.1. The van der Waals surface area contributed by atoms with Gasteiger partial charge in [-0.15, -0.1) is 10.2 Å². The van der Waals surface area contributed by atoms with E-state index in [4.69, 9.17) is 0 Å². The van der Waals surface area contributed by atoms with Gasteiger partial charge in [-0.1, -0.05) is 12.1 Å². The SMILES string of the molecule is O=c1c2nnc3c(-c4ccc(F)cc4)cnn3c2ncn1CCc1cnc[nH]1. The number of nitrogens with zero attached hydrogens (tertiary/aromatic N) is 7. The van der Waals surface area contributed by atoms with Crippen LogP contribution >= 0.6 is 0 Å². The van der Waals surface area contributed by atoms with E-state index in [1.54, 1.807) is 30.9 Å². The van der Waals surface area contributed by atoms with Gasteiger partial charge in [0.1, 0.15) is 12.1 Å². The van der Waals surface area contributed by atoms with Gasteiger partial charge < -0.3 is 4.98 Å². The predicted octanol–water partition coefficient (Wildman–Crippen LogP) is 1.61. The Morgan fingerprint density at radius 3 is 2.71 bits per heavy atom. The summed E-state index contributed by atoms with van der Waals surface area (Å²) >= 11 is 0. The van der Waals surface area contributed by atoms with Crippen molar-refractivity contribution in [3.05, 3.63) is 71.2 Å². The lowest BCUT2D eigenvalue weighted by Gasteiger charge is -2.06. The molecule has 10 heteroatoms. The fourth-order valence-electron chi connectivity index (χ4n) is 3.06. The van der Waals surface area contributed by atoms with Gasteiger partial charge in [-0.2, -0.15) is 9.61 Å². The van der Waals surface area contributed by atoms with E-state index < -0.39 is 0 Å². The number of aromatic nitrogens is 8. The van der Waals surface area contributed by atoms with Crippen molar-refractivity contribution in [1.29, 1.82) is 0 Å². The molecular weight excluding hydrogens is 363 g/mol. The van der Waals surface area contributed by atoms with Crippen LogP contribution in [0.4, 0.5) is 4.39 Å². The maximum Gasteiger partial charge on any atom is 0.283 e. The van der Waals surface area contributed by atoms with Crippen LogP contribution in [0.5, 0.6) is 0 Å². The number of benzene rings is 1. The summed E-state index contributed by atoms with van der Waals surface area (Å²) in [5.74, 6) is -0.325. The average molecular weight is 376 g/mol. The van der Waals surface area contributed by atoms with Gasteiger partial charge in [0.2, 0.25) is 0 Å². The summed E-state index contributed by atoms with van der Waals surface area (Å²) < 4.78 is 16.1. The lowest BCUT2D eigenvalue weighted by molar-refractivity contribution is 0.628. The highest BCUT2D eigenvalue weighted by atomic mass is 19.1. The zero-order valence-corrected chi connectivity index (χ0v) is 14.4. The molecule has 138 valence electrons. The van der Waals surface area contributed by atoms with Gasteiger partial charge in [0.05, 0.1) is 12.5 Å². The monoisotopic (exact) mass is 376 g/mol. The van der Waals surface area contributed by atoms with Crippen molar-refractivity contribution in [2.24, 2.45) is 0 Å². The zero-order chi connectivity index (χ0) is 19.1. The molecule has 1 aromatic carbocycles. The smallest absolute Gasteiger partial charge is 0.283 e.